The van der Waals surface area contributed by atoms with Gasteiger partial charge in [-0.1, -0.05) is 43.1 Å². The van der Waals surface area contributed by atoms with E-state index in [-0.39, 0.29) is 11.5 Å². The normalized spacial score (nSPS) is 24.1. The Hall–Kier alpha value is -0.870. The van der Waals surface area contributed by atoms with Gasteiger partial charge < -0.3 is 10.1 Å². The highest BCUT2D eigenvalue weighted by atomic mass is 35.5. The summed E-state index contributed by atoms with van der Waals surface area (Å²) in [5, 5.41) is 4.89. The Morgan fingerprint density at radius 3 is 2.88 bits per heavy atom. The standard InChI is InChI=1S/C21H23Cl2NOS/c1-3-8-26-18-10-13(15-5-4-14(22)11-17(15)23)9-16-20(18)25-19-6-7-24-12-21(16,19)2/h4-5,9-11,19,24H,3,6-8,12H2,1-2H3/t19-,21-/m0/s1. The predicted molar refractivity (Wildman–Crippen MR) is 112 cm³/mol. The molecule has 2 aromatic rings. The van der Waals surface area contributed by atoms with Gasteiger partial charge in [-0.15, -0.1) is 11.8 Å². The molecule has 2 nitrogen and oxygen atoms in total. The molecule has 2 aromatic carbocycles. The van der Waals surface area contributed by atoms with Crippen LogP contribution in [0.15, 0.2) is 35.2 Å². The molecular formula is C21H23Cl2NOS. The summed E-state index contributed by atoms with van der Waals surface area (Å²) in [6.07, 6.45) is 2.42. The van der Waals surface area contributed by atoms with Gasteiger partial charge in [0, 0.05) is 33.1 Å². The van der Waals surface area contributed by atoms with E-state index in [4.69, 9.17) is 27.9 Å². The van der Waals surface area contributed by atoms with Crippen LogP contribution in [0.25, 0.3) is 11.1 Å². The Morgan fingerprint density at radius 2 is 2.12 bits per heavy atom. The van der Waals surface area contributed by atoms with Gasteiger partial charge in [0.15, 0.2) is 0 Å². The highest BCUT2D eigenvalue weighted by Crippen LogP contribution is 2.51. The summed E-state index contributed by atoms with van der Waals surface area (Å²) in [4.78, 5) is 1.22. The molecule has 2 atom stereocenters. The summed E-state index contributed by atoms with van der Waals surface area (Å²) in [5.41, 5.74) is 3.47. The summed E-state index contributed by atoms with van der Waals surface area (Å²) >= 11 is 14.5. The molecule has 4 rings (SSSR count). The Bertz CT molecular complexity index is 841. The minimum atomic E-state index is 0.00399. The predicted octanol–water partition coefficient (Wildman–Crippen LogP) is 6.17. The quantitative estimate of drug-likeness (QED) is 0.611. The second-order valence-corrected chi connectivity index (χ2v) is 9.29. The van der Waals surface area contributed by atoms with Crippen LogP contribution in [0, 0.1) is 0 Å². The third kappa shape index (κ3) is 3.13. The number of hydrogen-bond donors (Lipinski definition) is 1. The molecule has 26 heavy (non-hydrogen) atoms. The third-order valence-electron chi connectivity index (χ3n) is 5.42. The first-order valence-electron chi connectivity index (χ1n) is 9.17. The maximum absolute atomic E-state index is 6.51. The first kappa shape index (κ1) is 18.5. The minimum absolute atomic E-state index is 0.00399. The number of nitrogens with one attached hydrogen (secondary N) is 1. The molecule has 0 saturated carbocycles. The molecule has 1 N–H and O–H groups in total. The van der Waals surface area contributed by atoms with Crippen LogP contribution in [0.3, 0.4) is 0 Å². The first-order valence-corrected chi connectivity index (χ1v) is 10.9. The fourth-order valence-corrected chi connectivity index (χ4v) is 5.40. The summed E-state index contributed by atoms with van der Waals surface area (Å²) in [5.74, 6) is 2.15. The van der Waals surface area contributed by atoms with Gasteiger partial charge in [0.25, 0.3) is 0 Å². The van der Waals surface area contributed by atoms with Crippen LogP contribution in [0.1, 0.15) is 32.3 Å². The van der Waals surface area contributed by atoms with Gasteiger partial charge in [0.2, 0.25) is 0 Å². The Balaban J connectivity index is 1.86. The number of thioether (sulfide) groups is 1. The molecule has 0 radical (unpaired) electrons. The second kappa shape index (κ2) is 7.27. The van der Waals surface area contributed by atoms with Crippen molar-refractivity contribution in [3.63, 3.8) is 0 Å². The highest BCUT2D eigenvalue weighted by Gasteiger charge is 2.47. The Kier molecular flexibility index (Phi) is 5.17. The lowest BCUT2D eigenvalue weighted by molar-refractivity contribution is 0.119. The Labute approximate surface area is 169 Å². The minimum Gasteiger partial charge on any atom is -0.488 e. The van der Waals surface area contributed by atoms with Crippen LogP contribution < -0.4 is 10.1 Å². The molecule has 0 unspecified atom stereocenters. The average Bonchev–Trinajstić information content (AvgIpc) is 2.92. The van der Waals surface area contributed by atoms with Crippen molar-refractivity contribution >= 4 is 35.0 Å². The molecule has 0 spiro atoms. The van der Waals surface area contributed by atoms with Gasteiger partial charge >= 0.3 is 0 Å². The summed E-state index contributed by atoms with van der Waals surface area (Å²) in [7, 11) is 0. The number of hydrogen-bond acceptors (Lipinski definition) is 3. The van der Waals surface area contributed by atoms with Crippen molar-refractivity contribution < 1.29 is 4.74 Å². The van der Waals surface area contributed by atoms with Crippen molar-refractivity contribution in [1.82, 2.24) is 5.32 Å². The third-order valence-corrected chi connectivity index (χ3v) is 7.19. The van der Waals surface area contributed by atoms with Gasteiger partial charge in [0.1, 0.15) is 11.9 Å². The van der Waals surface area contributed by atoms with Crippen LogP contribution in [0.2, 0.25) is 10.0 Å². The molecule has 2 heterocycles. The molecule has 5 heteroatoms. The molecule has 0 amide bonds. The van der Waals surface area contributed by atoms with Crippen LogP contribution in [0.4, 0.5) is 0 Å². The van der Waals surface area contributed by atoms with Crippen molar-refractivity contribution in [3.05, 3.63) is 45.9 Å². The molecule has 1 fully saturated rings. The number of ether oxygens (including phenoxy) is 1. The van der Waals surface area contributed by atoms with Gasteiger partial charge in [-0.2, -0.15) is 0 Å². The van der Waals surface area contributed by atoms with Crippen LogP contribution in [-0.2, 0) is 5.41 Å². The fraction of sp³-hybridized carbons (Fsp3) is 0.429. The smallest absolute Gasteiger partial charge is 0.137 e. The maximum atomic E-state index is 6.51. The summed E-state index contributed by atoms with van der Waals surface area (Å²) in [6.45, 7) is 6.48. The molecule has 138 valence electrons. The van der Waals surface area contributed by atoms with E-state index in [9.17, 15) is 0 Å². The van der Waals surface area contributed by atoms with E-state index < -0.39 is 0 Å². The lowest BCUT2D eigenvalue weighted by Crippen LogP contribution is -2.50. The van der Waals surface area contributed by atoms with E-state index in [1.807, 2.05) is 30.0 Å². The van der Waals surface area contributed by atoms with Crippen LogP contribution in [0.5, 0.6) is 5.75 Å². The number of fused-ring (bicyclic) bond motifs is 3. The summed E-state index contributed by atoms with van der Waals surface area (Å²) < 4.78 is 6.47. The molecule has 0 aromatic heterocycles. The lowest BCUT2D eigenvalue weighted by Gasteiger charge is -2.35. The number of piperidine rings is 1. The molecule has 0 aliphatic carbocycles. The zero-order chi connectivity index (χ0) is 18.3. The second-order valence-electron chi connectivity index (χ2n) is 7.31. The highest BCUT2D eigenvalue weighted by molar-refractivity contribution is 7.99. The van der Waals surface area contributed by atoms with Gasteiger partial charge in [-0.25, -0.2) is 0 Å². The zero-order valence-corrected chi connectivity index (χ0v) is 17.4. The average molecular weight is 408 g/mol. The van der Waals surface area contributed by atoms with E-state index in [0.717, 1.165) is 48.6 Å². The first-order chi connectivity index (χ1) is 12.5. The molecule has 2 aliphatic heterocycles. The van der Waals surface area contributed by atoms with E-state index in [1.165, 1.54) is 10.5 Å². The van der Waals surface area contributed by atoms with Crippen LogP contribution >= 0.6 is 35.0 Å². The van der Waals surface area contributed by atoms with Gasteiger partial charge in [-0.3, -0.25) is 0 Å². The van der Waals surface area contributed by atoms with E-state index >= 15 is 0 Å². The van der Waals surface area contributed by atoms with Crippen molar-refractivity contribution in [2.45, 2.75) is 43.1 Å². The van der Waals surface area contributed by atoms with Gasteiger partial charge in [0.05, 0.1) is 4.90 Å². The number of benzene rings is 2. The van der Waals surface area contributed by atoms with Crippen molar-refractivity contribution in [2.24, 2.45) is 0 Å². The summed E-state index contributed by atoms with van der Waals surface area (Å²) in [6, 6.07) is 10.2. The largest absolute Gasteiger partial charge is 0.488 e. The Morgan fingerprint density at radius 1 is 1.27 bits per heavy atom. The number of rotatable bonds is 4. The van der Waals surface area contributed by atoms with E-state index in [0.29, 0.717) is 10.0 Å². The van der Waals surface area contributed by atoms with Crippen molar-refractivity contribution in [1.29, 1.82) is 0 Å². The maximum Gasteiger partial charge on any atom is 0.137 e. The SMILES string of the molecule is CCCSc1cc(-c2ccc(Cl)cc2Cl)cc2c1O[C@H]1CCNC[C@@]21C. The van der Waals surface area contributed by atoms with Crippen molar-refractivity contribution in [2.75, 3.05) is 18.8 Å². The monoisotopic (exact) mass is 407 g/mol. The topological polar surface area (TPSA) is 21.3 Å². The van der Waals surface area contributed by atoms with Gasteiger partial charge in [-0.05, 0) is 55.0 Å². The van der Waals surface area contributed by atoms with Crippen molar-refractivity contribution in [3.8, 4) is 16.9 Å². The number of halogens is 2. The lowest BCUT2D eigenvalue weighted by atomic mass is 9.75. The molecule has 1 saturated heterocycles. The molecule has 0 bridgehead atoms. The molecule has 2 aliphatic rings. The van der Waals surface area contributed by atoms with Crippen LogP contribution in [-0.4, -0.2) is 24.9 Å². The fourth-order valence-electron chi connectivity index (χ4n) is 3.96. The van der Waals surface area contributed by atoms with E-state index in [1.54, 1.807) is 0 Å². The zero-order valence-electron chi connectivity index (χ0n) is 15.1. The molecular weight excluding hydrogens is 385 g/mol. The van der Waals surface area contributed by atoms with E-state index in [2.05, 4.69) is 31.3 Å².